The van der Waals surface area contributed by atoms with Gasteiger partial charge in [-0.05, 0) is 36.3 Å². The van der Waals surface area contributed by atoms with Crippen LogP contribution in [-0.2, 0) is 12.3 Å². The molecule has 0 spiro atoms. The molecule has 0 aliphatic heterocycles. The molecule has 92 valence electrons. The lowest BCUT2D eigenvalue weighted by Crippen LogP contribution is -1.95. The van der Waals surface area contributed by atoms with E-state index in [1.807, 2.05) is 6.20 Å². The van der Waals surface area contributed by atoms with Gasteiger partial charge in [-0.25, -0.2) is 4.98 Å². The number of fused-ring (bicyclic) bond motifs is 1. The minimum atomic E-state index is 0.429. The normalized spacial score (nSPS) is 14.9. The summed E-state index contributed by atoms with van der Waals surface area (Å²) in [7, 11) is 0. The van der Waals surface area contributed by atoms with Crippen LogP contribution in [-0.4, -0.2) is 9.38 Å². The van der Waals surface area contributed by atoms with Crippen molar-refractivity contribution in [2.75, 3.05) is 0 Å². The number of alkyl halides is 1. The molecule has 0 atom stereocenters. The highest BCUT2D eigenvalue weighted by molar-refractivity contribution is 6.16. The van der Waals surface area contributed by atoms with E-state index in [0.29, 0.717) is 18.2 Å². The summed E-state index contributed by atoms with van der Waals surface area (Å²) in [5.74, 6) is 1.13. The zero-order chi connectivity index (χ0) is 12.5. The van der Waals surface area contributed by atoms with Gasteiger partial charge in [-0.1, -0.05) is 6.07 Å². The summed E-state index contributed by atoms with van der Waals surface area (Å²) < 4.78 is 2.07. The number of imidazole rings is 1. The van der Waals surface area contributed by atoms with E-state index in [1.165, 1.54) is 18.4 Å². The van der Waals surface area contributed by atoms with Gasteiger partial charge >= 0.3 is 0 Å². The fourth-order valence-electron chi connectivity index (χ4n) is 2.32. The van der Waals surface area contributed by atoms with E-state index in [2.05, 4.69) is 27.7 Å². The molecule has 2 aromatic rings. The molecule has 1 saturated carbocycles. The third-order valence-electron chi connectivity index (χ3n) is 3.39. The molecule has 1 aliphatic rings. The Kier molecular flexibility index (Phi) is 2.97. The molecule has 0 amide bonds. The average molecular weight is 260 g/mol. The maximum Gasteiger partial charge on any atom is 0.140 e. The first-order chi connectivity index (χ1) is 8.81. The molecule has 0 aromatic carbocycles. The maximum absolute atomic E-state index is 8.74. The summed E-state index contributed by atoms with van der Waals surface area (Å²) >= 11 is 5.84. The number of halogens is 1. The topological polar surface area (TPSA) is 41.1 Å². The summed E-state index contributed by atoms with van der Waals surface area (Å²) in [6, 6.07) is 4.42. The summed E-state index contributed by atoms with van der Waals surface area (Å²) in [4.78, 5) is 4.53. The molecule has 0 N–H and O–H groups in total. The molecule has 0 unspecified atom stereocenters. The van der Waals surface area contributed by atoms with Gasteiger partial charge in [0.15, 0.2) is 0 Å². The van der Waals surface area contributed by atoms with Gasteiger partial charge in [-0.2, -0.15) is 5.26 Å². The van der Waals surface area contributed by atoms with Gasteiger partial charge in [-0.3, -0.25) is 0 Å². The number of rotatable bonds is 4. The van der Waals surface area contributed by atoms with Crippen LogP contribution in [0.25, 0.3) is 5.65 Å². The molecule has 3 nitrogen and oxygen atoms in total. The molecular weight excluding hydrogens is 246 g/mol. The highest BCUT2D eigenvalue weighted by Gasteiger charge is 2.24. The first-order valence-electron chi connectivity index (χ1n) is 6.25. The predicted molar refractivity (Wildman–Crippen MR) is 70.7 cm³/mol. The zero-order valence-corrected chi connectivity index (χ0v) is 10.8. The summed E-state index contributed by atoms with van der Waals surface area (Å²) in [5.41, 5.74) is 4.37. The van der Waals surface area contributed by atoms with Crippen molar-refractivity contribution in [2.24, 2.45) is 0 Å². The van der Waals surface area contributed by atoms with Crippen LogP contribution in [0.4, 0.5) is 0 Å². The van der Waals surface area contributed by atoms with Crippen molar-refractivity contribution < 1.29 is 0 Å². The largest absolute Gasteiger partial charge is 0.306 e. The first kappa shape index (κ1) is 11.6. The van der Waals surface area contributed by atoms with Crippen molar-refractivity contribution in [1.29, 1.82) is 5.26 Å². The van der Waals surface area contributed by atoms with Crippen LogP contribution in [0.2, 0.25) is 0 Å². The lowest BCUT2D eigenvalue weighted by molar-refractivity contribution is 0.971. The van der Waals surface area contributed by atoms with Crippen LogP contribution >= 0.6 is 11.6 Å². The third kappa shape index (κ3) is 2.09. The standard InChI is InChI=1S/C14H14ClN3/c15-7-13-9-18-8-12(10-3-4-10)6-11(2-1-5-16)14(18)17-13/h6,8-10H,1-4,7H2. The number of hydrogen-bond acceptors (Lipinski definition) is 2. The second-order valence-electron chi connectivity index (χ2n) is 4.83. The van der Waals surface area contributed by atoms with E-state index in [1.54, 1.807) is 0 Å². The summed E-state index contributed by atoms with van der Waals surface area (Å²) in [6.45, 7) is 0. The quantitative estimate of drug-likeness (QED) is 0.790. The van der Waals surface area contributed by atoms with Gasteiger partial charge in [0.05, 0.1) is 17.6 Å². The third-order valence-corrected chi connectivity index (χ3v) is 3.66. The second-order valence-corrected chi connectivity index (χ2v) is 5.10. The van der Waals surface area contributed by atoms with E-state index in [0.717, 1.165) is 23.3 Å². The van der Waals surface area contributed by atoms with Crippen molar-refractivity contribution in [3.05, 3.63) is 35.3 Å². The molecular formula is C14H14ClN3. The van der Waals surface area contributed by atoms with Gasteiger partial charge in [-0.15, -0.1) is 11.6 Å². The fourth-order valence-corrected chi connectivity index (χ4v) is 2.45. The van der Waals surface area contributed by atoms with Crippen molar-refractivity contribution in [1.82, 2.24) is 9.38 Å². The molecule has 2 aromatic heterocycles. The smallest absolute Gasteiger partial charge is 0.140 e. The minimum Gasteiger partial charge on any atom is -0.306 e. The molecule has 1 fully saturated rings. The lowest BCUT2D eigenvalue weighted by atomic mass is 10.1. The number of nitriles is 1. The van der Waals surface area contributed by atoms with Crippen LogP contribution in [0, 0.1) is 11.3 Å². The summed E-state index contributed by atoms with van der Waals surface area (Å²) in [5, 5.41) is 8.74. The first-order valence-corrected chi connectivity index (χ1v) is 6.78. The fraction of sp³-hybridized carbons (Fsp3) is 0.429. The Morgan fingerprint density at radius 1 is 1.44 bits per heavy atom. The Labute approximate surface area is 111 Å². The monoisotopic (exact) mass is 259 g/mol. The molecule has 0 radical (unpaired) electrons. The SMILES string of the molecule is N#CCCc1cc(C2CC2)cn2cc(CCl)nc12. The van der Waals surface area contributed by atoms with Crippen molar-refractivity contribution in [2.45, 2.75) is 37.5 Å². The number of pyridine rings is 1. The van der Waals surface area contributed by atoms with Crippen molar-refractivity contribution >= 4 is 17.2 Å². The van der Waals surface area contributed by atoms with E-state index in [9.17, 15) is 0 Å². The van der Waals surface area contributed by atoms with Crippen LogP contribution in [0.3, 0.4) is 0 Å². The Hall–Kier alpha value is -1.53. The van der Waals surface area contributed by atoms with Gasteiger partial charge in [0, 0.05) is 18.8 Å². The van der Waals surface area contributed by atoms with E-state index in [-0.39, 0.29) is 0 Å². The zero-order valence-electron chi connectivity index (χ0n) is 10.1. The highest BCUT2D eigenvalue weighted by Crippen LogP contribution is 2.40. The van der Waals surface area contributed by atoms with Crippen LogP contribution in [0.5, 0.6) is 0 Å². The molecule has 2 heterocycles. The van der Waals surface area contributed by atoms with E-state index < -0.39 is 0 Å². The lowest BCUT2D eigenvalue weighted by Gasteiger charge is -2.06. The maximum atomic E-state index is 8.74. The predicted octanol–water partition coefficient (Wildman–Crippen LogP) is 3.41. The van der Waals surface area contributed by atoms with E-state index in [4.69, 9.17) is 16.9 Å². The molecule has 3 rings (SSSR count). The van der Waals surface area contributed by atoms with Gasteiger partial charge in [0.2, 0.25) is 0 Å². The van der Waals surface area contributed by atoms with Crippen molar-refractivity contribution in [3.63, 3.8) is 0 Å². The molecule has 1 aliphatic carbocycles. The van der Waals surface area contributed by atoms with Crippen LogP contribution < -0.4 is 0 Å². The van der Waals surface area contributed by atoms with Gasteiger partial charge in [0.1, 0.15) is 5.65 Å². The van der Waals surface area contributed by atoms with Crippen LogP contribution in [0.15, 0.2) is 18.5 Å². The Morgan fingerprint density at radius 3 is 2.94 bits per heavy atom. The van der Waals surface area contributed by atoms with Crippen molar-refractivity contribution in [3.8, 4) is 6.07 Å². The molecule has 18 heavy (non-hydrogen) atoms. The highest BCUT2D eigenvalue weighted by atomic mass is 35.5. The number of aryl methyl sites for hydroxylation is 1. The van der Waals surface area contributed by atoms with E-state index >= 15 is 0 Å². The number of hydrogen-bond donors (Lipinski definition) is 0. The molecule has 4 heteroatoms. The summed E-state index contributed by atoms with van der Waals surface area (Å²) in [6.07, 6.45) is 8.00. The minimum absolute atomic E-state index is 0.429. The Balaban J connectivity index is 2.09. The number of nitrogens with zero attached hydrogens (tertiary/aromatic N) is 3. The second kappa shape index (κ2) is 4.62. The van der Waals surface area contributed by atoms with Gasteiger partial charge in [0.25, 0.3) is 0 Å². The van der Waals surface area contributed by atoms with Crippen LogP contribution in [0.1, 0.15) is 42.0 Å². The Bertz CT molecular complexity index is 620. The van der Waals surface area contributed by atoms with Gasteiger partial charge < -0.3 is 4.40 Å². The number of aromatic nitrogens is 2. The molecule has 0 bridgehead atoms. The Morgan fingerprint density at radius 2 is 2.28 bits per heavy atom. The average Bonchev–Trinajstić information content (AvgIpc) is 3.15. The molecule has 0 saturated heterocycles.